The lowest BCUT2D eigenvalue weighted by Crippen LogP contribution is -1.98. The highest BCUT2D eigenvalue weighted by atomic mass is 16.5. The van der Waals surface area contributed by atoms with Crippen molar-refractivity contribution in [3.05, 3.63) is 17.3 Å². The number of methoxy groups -OCH3 is 1. The predicted octanol–water partition coefficient (Wildman–Crippen LogP) is 0.286. The molecule has 0 aliphatic heterocycles. The van der Waals surface area contributed by atoms with Crippen molar-refractivity contribution >= 4 is 0 Å². The van der Waals surface area contributed by atoms with Gasteiger partial charge in [-0.1, -0.05) is 0 Å². The number of ether oxygens (including phenoxy) is 1. The Kier molecular flexibility index (Phi) is 2.38. The minimum Gasteiger partial charge on any atom is -0.480 e. The Morgan fingerprint density at radius 2 is 2.27 bits per heavy atom. The second-order valence-electron chi connectivity index (χ2n) is 2.18. The van der Waals surface area contributed by atoms with Crippen LogP contribution < -0.4 is 4.74 Å². The van der Waals surface area contributed by atoms with E-state index in [1.807, 2.05) is 6.92 Å². The van der Waals surface area contributed by atoms with E-state index >= 15 is 0 Å². The zero-order chi connectivity index (χ0) is 8.27. The van der Waals surface area contributed by atoms with E-state index in [9.17, 15) is 0 Å². The monoisotopic (exact) mass is 154 g/mol. The van der Waals surface area contributed by atoms with E-state index in [1.165, 1.54) is 7.11 Å². The Morgan fingerprint density at radius 3 is 2.82 bits per heavy atom. The number of aromatic nitrogens is 2. The maximum atomic E-state index is 8.83. The molecule has 0 aliphatic rings. The molecule has 1 N–H and O–H groups in total. The van der Waals surface area contributed by atoms with Gasteiger partial charge in [0.25, 0.3) is 0 Å². The van der Waals surface area contributed by atoms with Crippen LogP contribution in [0.5, 0.6) is 5.88 Å². The SMILES string of the molecule is COc1nnc(C)cc1CO. The van der Waals surface area contributed by atoms with Crippen molar-refractivity contribution in [1.29, 1.82) is 0 Å². The van der Waals surface area contributed by atoms with Crippen LogP contribution >= 0.6 is 0 Å². The van der Waals surface area contributed by atoms with Gasteiger partial charge < -0.3 is 9.84 Å². The Hall–Kier alpha value is -1.16. The van der Waals surface area contributed by atoms with Gasteiger partial charge in [-0.25, -0.2) is 0 Å². The molecule has 0 aromatic carbocycles. The summed E-state index contributed by atoms with van der Waals surface area (Å²) in [5, 5.41) is 16.3. The maximum absolute atomic E-state index is 8.83. The van der Waals surface area contributed by atoms with Crippen molar-refractivity contribution in [2.45, 2.75) is 13.5 Å². The van der Waals surface area contributed by atoms with E-state index in [4.69, 9.17) is 9.84 Å². The second-order valence-corrected chi connectivity index (χ2v) is 2.18. The Labute approximate surface area is 64.8 Å². The first-order valence-corrected chi connectivity index (χ1v) is 3.26. The first-order valence-electron chi connectivity index (χ1n) is 3.26. The van der Waals surface area contributed by atoms with E-state index in [1.54, 1.807) is 6.07 Å². The molecule has 0 unspecified atom stereocenters. The van der Waals surface area contributed by atoms with Gasteiger partial charge >= 0.3 is 0 Å². The summed E-state index contributed by atoms with van der Waals surface area (Å²) in [6.45, 7) is 1.74. The molecule has 0 saturated carbocycles. The summed E-state index contributed by atoms with van der Waals surface area (Å²) in [4.78, 5) is 0. The summed E-state index contributed by atoms with van der Waals surface area (Å²) < 4.78 is 4.86. The van der Waals surface area contributed by atoms with Crippen LogP contribution in [0.25, 0.3) is 0 Å². The van der Waals surface area contributed by atoms with Crippen molar-refractivity contribution in [3.8, 4) is 5.88 Å². The smallest absolute Gasteiger partial charge is 0.238 e. The molecule has 4 nitrogen and oxygen atoms in total. The molecule has 0 aliphatic carbocycles. The van der Waals surface area contributed by atoms with Gasteiger partial charge in [0.2, 0.25) is 5.88 Å². The summed E-state index contributed by atoms with van der Waals surface area (Å²) in [7, 11) is 1.50. The summed E-state index contributed by atoms with van der Waals surface area (Å²) >= 11 is 0. The summed E-state index contributed by atoms with van der Waals surface area (Å²) in [6.07, 6.45) is 0. The fourth-order valence-corrected chi connectivity index (χ4v) is 0.816. The minimum absolute atomic E-state index is 0.0699. The van der Waals surface area contributed by atoms with E-state index in [-0.39, 0.29) is 6.61 Å². The summed E-state index contributed by atoms with van der Waals surface area (Å²) in [6, 6.07) is 1.74. The van der Waals surface area contributed by atoms with Crippen LogP contribution in [0.4, 0.5) is 0 Å². The third-order valence-corrected chi connectivity index (χ3v) is 1.32. The van der Waals surface area contributed by atoms with Crippen LogP contribution in [0.1, 0.15) is 11.3 Å². The molecule has 0 fully saturated rings. The van der Waals surface area contributed by atoms with E-state index in [0.717, 1.165) is 5.69 Å². The van der Waals surface area contributed by atoms with Crippen LogP contribution in [-0.2, 0) is 6.61 Å². The van der Waals surface area contributed by atoms with Crippen molar-refractivity contribution in [2.75, 3.05) is 7.11 Å². The molecule has 0 bridgehead atoms. The largest absolute Gasteiger partial charge is 0.480 e. The lowest BCUT2D eigenvalue weighted by Gasteiger charge is -2.02. The van der Waals surface area contributed by atoms with Crippen molar-refractivity contribution in [3.63, 3.8) is 0 Å². The van der Waals surface area contributed by atoms with Crippen LogP contribution in [0.15, 0.2) is 6.07 Å². The standard InChI is InChI=1S/C7H10N2O2/c1-5-3-6(4-10)7(11-2)9-8-5/h3,10H,4H2,1-2H3. The molecule has 0 amide bonds. The van der Waals surface area contributed by atoms with Crippen LogP contribution in [0.2, 0.25) is 0 Å². The zero-order valence-corrected chi connectivity index (χ0v) is 6.53. The molecule has 1 heterocycles. The molecule has 60 valence electrons. The third-order valence-electron chi connectivity index (χ3n) is 1.32. The quantitative estimate of drug-likeness (QED) is 0.665. The Morgan fingerprint density at radius 1 is 1.55 bits per heavy atom. The van der Waals surface area contributed by atoms with Crippen LogP contribution in [0, 0.1) is 6.92 Å². The molecule has 0 spiro atoms. The number of aliphatic hydroxyl groups excluding tert-OH is 1. The third kappa shape index (κ3) is 1.65. The summed E-state index contributed by atoms with van der Waals surface area (Å²) in [5.41, 5.74) is 1.44. The normalized spacial score (nSPS) is 9.73. The Bertz CT molecular complexity index is 250. The predicted molar refractivity (Wildman–Crippen MR) is 39.2 cm³/mol. The molecule has 1 rings (SSSR count). The Balaban J connectivity index is 3.06. The first-order chi connectivity index (χ1) is 5.27. The van der Waals surface area contributed by atoms with Crippen LogP contribution in [0.3, 0.4) is 0 Å². The van der Waals surface area contributed by atoms with Gasteiger partial charge in [-0.05, 0) is 13.0 Å². The number of rotatable bonds is 2. The molecule has 1 aromatic heterocycles. The number of hydrogen-bond donors (Lipinski definition) is 1. The molecule has 0 atom stereocenters. The van der Waals surface area contributed by atoms with E-state index in [2.05, 4.69) is 10.2 Å². The molecule has 0 saturated heterocycles. The number of aryl methyl sites for hydroxylation is 1. The second kappa shape index (κ2) is 3.30. The maximum Gasteiger partial charge on any atom is 0.238 e. The highest BCUT2D eigenvalue weighted by Crippen LogP contribution is 2.13. The fraction of sp³-hybridized carbons (Fsp3) is 0.429. The van der Waals surface area contributed by atoms with E-state index < -0.39 is 0 Å². The zero-order valence-electron chi connectivity index (χ0n) is 6.53. The van der Waals surface area contributed by atoms with Crippen molar-refractivity contribution in [2.24, 2.45) is 0 Å². The van der Waals surface area contributed by atoms with Gasteiger partial charge in [-0.2, -0.15) is 5.10 Å². The fourth-order valence-electron chi connectivity index (χ4n) is 0.816. The minimum atomic E-state index is -0.0699. The van der Waals surface area contributed by atoms with Crippen LogP contribution in [-0.4, -0.2) is 22.4 Å². The number of aliphatic hydroxyl groups is 1. The molecular formula is C7H10N2O2. The van der Waals surface area contributed by atoms with Crippen molar-refractivity contribution in [1.82, 2.24) is 10.2 Å². The molecule has 0 radical (unpaired) electrons. The molecular weight excluding hydrogens is 144 g/mol. The van der Waals surface area contributed by atoms with E-state index in [0.29, 0.717) is 11.4 Å². The van der Waals surface area contributed by atoms with Gasteiger partial charge in [-0.15, -0.1) is 5.10 Å². The van der Waals surface area contributed by atoms with Crippen molar-refractivity contribution < 1.29 is 9.84 Å². The number of nitrogens with zero attached hydrogens (tertiary/aromatic N) is 2. The molecule has 1 aromatic rings. The average Bonchev–Trinajstić information content (AvgIpc) is 2.04. The molecule has 4 heteroatoms. The molecule has 11 heavy (non-hydrogen) atoms. The van der Waals surface area contributed by atoms with Gasteiger partial charge in [0.15, 0.2) is 0 Å². The lowest BCUT2D eigenvalue weighted by atomic mass is 10.3. The topological polar surface area (TPSA) is 55.2 Å². The van der Waals surface area contributed by atoms with Gasteiger partial charge in [0, 0.05) is 5.56 Å². The van der Waals surface area contributed by atoms with Gasteiger partial charge in [-0.3, -0.25) is 0 Å². The van der Waals surface area contributed by atoms with Gasteiger partial charge in [0.05, 0.1) is 19.4 Å². The summed E-state index contributed by atoms with van der Waals surface area (Å²) in [5.74, 6) is 0.387. The number of hydrogen-bond acceptors (Lipinski definition) is 4. The average molecular weight is 154 g/mol. The highest BCUT2D eigenvalue weighted by molar-refractivity contribution is 5.24. The lowest BCUT2D eigenvalue weighted by molar-refractivity contribution is 0.270. The first kappa shape index (κ1) is 7.94. The highest BCUT2D eigenvalue weighted by Gasteiger charge is 2.02. The van der Waals surface area contributed by atoms with Gasteiger partial charge in [0.1, 0.15) is 0 Å².